The van der Waals surface area contributed by atoms with Crippen molar-refractivity contribution >= 4 is 5.91 Å². The third-order valence-electron chi connectivity index (χ3n) is 3.55. The number of aliphatic hydroxyl groups excluding tert-OH is 1. The van der Waals surface area contributed by atoms with Crippen molar-refractivity contribution in [3.63, 3.8) is 0 Å². The van der Waals surface area contributed by atoms with Crippen LogP contribution in [0.5, 0.6) is 0 Å². The van der Waals surface area contributed by atoms with Gasteiger partial charge in [0.25, 0.3) is 5.91 Å². The molecule has 1 fully saturated rings. The molecule has 1 saturated heterocycles. The minimum absolute atomic E-state index is 0.0216. The molecule has 5 nitrogen and oxygen atoms in total. The number of hydrogen-bond donors (Lipinski definition) is 1. The first kappa shape index (κ1) is 15.0. The Labute approximate surface area is 119 Å². The summed E-state index contributed by atoms with van der Waals surface area (Å²) in [6, 6.07) is 9.40. The maximum Gasteiger partial charge on any atom is 0.256 e. The topological polar surface area (TPSA) is 59.0 Å². The first-order chi connectivity index (χ1) is 9.67. The smallest absolute Gasteiger partial charge is 0.256 e. The van der Waals surface area contributed by atoms with Crippen molar-refractivity contribution in [2.75, 3.05) is 26.9 Å². The Morgan fingerprint density at radius 2 is 2.20 bits per heavy atom. The quantitative estimate of drug-likeness (QED) is 0.892. The zero-order valence-corrected chi connectivity index (χ0v) is 11.9. The summed E-state index contributed by atoms with van der Waals surface area (Å²) < 4.78 is 10.8. The first-order valence-corrected chi connectivity index (χ1v) is 6.78. The predicted octanol–water partition coefficient (Wildman–Crippen LogP) is 0.982. The SMILES string of the molecule is CO[C@@H](C(=O)N1C[C@@H](CO)OC[C@@H]1C)c1ccccc1. The first-order valence-electron chi connectivity index (χ1n) is 6.78. The van der Waals surface area contributed by atoms with Crippen LogP contribution in [-0.4, -0.2) is 54.9 Å². The van der Waals surface area contributed by atoms with E-state index in [1.54, 1.807) is 4.90 Å². The van der Waals surface area contributed by atoms with Gasteiger partial charge >= 0.3 is 0 Å². The Hall–Kier alpha value is -1.43. The highest BCUT2D eigenvalue weighted by molar-refractivity contribution is 5.82. The molecule has 1 aliphatic heterocycles. The number of amides is 1. The van der Waals surface area contributed by atoms with Gasteiger partial charge in [-0.2, -0.15) is 0 Å². The molecule has 110 valence electrons. The molecule has 3 atom stereocenters. The molecule has 1 heterocycles. The van der Waals surface area contributed by atoms with Crippen LogP contribution in [0.3, 0.4) is 0 Å². The lowest BCUT2D eigenvalue weighted by atomic mass is 10.1. The van der Waals surface area contributed by atoms with Crippen LogP contribution < -0.4 is 0 Å². The molecule has 0 aliphatic carbocycles. The maximum atomic E-state index is 12.7. The molecule has 1 aliphatic rings. The van der Waals surface area contributed by atoms with E-state index in [-0.39, 0.29) is 24.7 Å². The fraction of sp³-hybridized carbons (Fsp3) is 0.533. The van der Waals surface area contributed by atoms with Gasteiger partial charge in [-0.1, -0.05) is 30.3 Å². The van der Waals surface area contributed by atoms with Crippen LogP contribution in [0.1, 0.15) is 18.6 Å². The van der Waals surface area contributed by atoms with Crippen molar-refractivity contribution in [2.45, 2.75) is 25.2 Å². The number of nitrogens with zero attached hydrogens (tertiary/aromatic N) is 1. The van der Waals surface area contributed by atoms with E-state index >= 15 is 0 Å². The third-order valence-corrected chi connectivity index (χ3v) is 3.55. The fourth-order valence-electron chi connectivity index (χ4n) is 2.39. The van der Waals surface area contributed by atoms with E-state index in [0.717, 1.165) is 5.56 Å². The van der Waals surface area contributed by atoms with Gasteiger partial charge in [0.15, 0.2) is 6.10 Å². The minimum Gasteiger partial charge on any atom is -0.394 e. The number of rotatable bonds is 4. The zero-order chi connectivity index (χ0) is 14.5. The van der Waals surface area contributed by atoms with Gasteiger partial charge in [-0.25, -0.2) is 0 Å². The number of hydrogen-bond acceptors (Lipinski definition) is 4. The molecule has 1 amide bonds. The second kappa shape index (κ2) is 6.83. The van der Waals surface area contributed by atoms with Crippen molar-refractivity contribution in [3.05, 3.63) is 35.9 Å². The van der Waals surface area contributed by atoms with Crippen molar-refractivity contribution in [1.29, 1.82) is 0 Å². The zero-order valence-electron chi connectivity index (χ0n) is 11.9. The Morgan fingerprint density at radius 1 is 1.50 bits per heavy atom. The van der Waals surface area contributed by atoms with E-state index in [1.807, 2.05) is 37.3 Å². The summed E-state index contributed by atoms with van der Waals surface area (Å²) in [7, 11) is 1.53. The number of morpholine rings is 1. The van der Waals surface area contributed by atoms with Crippen LogP contribution in [0.15, 0.2) is 30.3 Å². The van der Waals surface area contributed by atoms with Crippen LogP contribution in [0.4, 0.5) is 0 Å². The molecule has 20 heavy (non-hydrogen) atoms. The maximum absolute atomic E-state index is 12.7. The van der Waals surface area contributed by atoms with E-state index in [4.69, 9.17) is 9.47 Å². The van der Waals surface area contributed by atoms with Gasteiger partial charge in [0, 0.05) is 13.7 Å². The Kier molecular flexibility index (Phi) is 5.11. The van der Waals surface area contributed by atoms with Crippen LogP contribution in [0, 0.1) is 0 Å². The second-order valence-corrected chi connectivity index (χ2v) is 5.00. The highest BCUT2D eigenvalue weighted by Gasteiger charge is 2.33. The Morgan fingerprint density at radius 3 is 2.80 bits per heavy atom. The molecule has 1 aromatic rings. The predicted molar refractivity (Wildman–Crippen MR) is 74.2 cm³/mol. The van der Waals surface area contributed by atoms with Gasteiger partial charge in [0.2, 0.25) is 0 Å². The molecular formula is C15H21NO4. The normalized spacial score (nSPS) is 24.4. The summed E-state index contributed by atoms with van der Waals surface area (Å²) >= 11 is 0. The molecule has 5 heteroatoms. The van der Waals surface area contributed by atoms with Gasteiger partial charge in [-0.05, 0) is 12.5 Å². The number of carbonyl (C=O) groups is 1. The van der Waals surface area contributed by atoms with E-state index in [2.05, 4.69) is 0 Å². The van der Waals surface area contributed by atoms with Crippen LogP contribution in [-0.2, 0) is 14.3 Å². The number of carbonyl (C=O) groups excluding carboxylic acids is 1. The van der Waals surface area contributed by atoms with Gasteiger partial charge in [0.1, 0.15) is 0 Å². The highest BCUT2D eigenvalue weighted by atomic mass is 16.5. The average molecular weight is 279 g/mol. The lowest BCUT2D eigenvalue weighted by Crippen LogP contribution is -2.53. The van der Waals surface area contributed by atoms with Gasteiger partial charge in [-0.15, -0.1) is 0 Å². The van der Waals surface area contributed by atoms with E-state index in [1.165, 1.54) is 7.11 Å². The number of ether oxygens (including phenoxy) is 2. The van der Waals surface area contributed by atoms with Crippen LogP contribution >= 0.6 is 0 Å². The number of aliphatic hydroxyl groups is 1. The fourth-order valence-corrected chi connectivity index (χ4v) is 2.39. The van der Waals surface area contributed by atoms with E-state index < -0.39 is 6.10 Å². The monoisotopic (exact) mass is 279 g/mol. The summed E-state index contributed by atoms with van der Waals surface area (Å²) in [6.07, 6.45) is -0.931. The number of benzene rings is 1. The van der Waals surface area contributed by atoms with E-state index in [0.29, 0.717) is 13.2 Å². The van der Waals surface area contributed by atoms with Gasteiger partial charge in [0.05, 0.1) is 25.4 Å². The molecule has 0 radical (unpaired) electrons. The molecule has 0 aromatic heterocycles. The summed E-state index contributed by atoms with van der Waals surface area (Å²) in [6.45, 7) is 2.67. The Bertz CT molecular complexity index is 437. The van der Waals surface area contributed by atoms with Crippen molar-refractivity contribution in [2.24, 2.45) is 0 Å². The lowest BCUT2D eigenvalue weighted by molar-refractivity contribution is -0.156. The molecular weight excluding hydrogens is 258 g/mol. The average Bonchev–Trinajstić information content (AvgIpc) is 2.49. The van der Waals surface area contributed by atoms with Crippen LogP contribution in [0.25, 0.3) is 0 Å². The van der Waals surface area contributed by atoms with Gasteiger partial charge < -0.3 is 19.5 Å². The standard InChI is InChI=1S/C15H21NO4/c1-11-10-20-13(9-17)8-16(11)15(18)14(19-2)12-6-4-3-5-7-12/h3-7,11,13-14,17H,8-10H2,1-2H3/t11-,13-,14+/m0/s1. The largest absolute Gasteiger partial charge is 0.394 e. The van der Waals surface area contributed by atoms with E-state index in [9.17, 15) is 9.90 Å². The summed E-state index contributed by atoms with van der Waals surface area (Å²) in [5.41, 5.74) is 0.833. The lowest BCUT2D eigenvalue weighted by Gasteiger charge is -2.39. The highest BCUT2D eigenvalue weighted by Crippen LogP contribution is 2.22. The molecule has 0 spiro atoms. The Balaban J connectivity index is 2.15. The molecule has 2 rings (SSSR count). The van der Waals surface area contributed by atoms with Crippen molar-refractivity contribution in [3.8, 4) is 0 Å². The molecule has 1 N–H and O–H groups in total. The van der Waals surface area contributed by atoms with Crippen LogP contribution in [0.2, 0.25) is 0 Å². The second-order valence-electron chi connectivity index (χ2n) is 5.00. The summed E-state index contributed by atoms with van der Waals surface area (Å²) in [5, 5.41) is 9.20. The third kappa shape index (κ3) is 3.17. The molecule has 0 unspecified atom stereocenters. The summed E-state index contributed by atoms with van der Waals surface area (Å²) in [5.74, 6) is -0.0899. The van der Waals surface area contributed by atoms with Gasteiger partial charge in [-0.3, -0.25) is 4.79 Å². The summed E-state index contributed by atoms with van der Waals surface area (Å²) in [4.78, 5) is 14.4. The van der Waals surface area contributed by atoms with Crippen molar-refractivity contribution in [1.82, 2.24) is 4.90 Å². The van der Waals surface area contributed by atoms with Crippen molar-refractivity contribution < 1.29 is 19.4 Å². The molecule has 0 saturated carbocycles. The molecule has 1 aromatic carbocycles. The minimum atomic E-state index is -0.615. The number of methoxy groups -OCH3 is 1. The molecule has 0 bridgehead atoms.